The number of hydrogen-bond acceptors (Lipinski definition) is 6. The van der Waals surface area contributed by atoms with Crippen LogP contribution in [0.2, 0.25) is 0 Å². The van der Waals surface area contributed by atoms with Crippen LogP contribution in [0, 0.1) is 5.82 Å². The summed E-state index contributed by atoms with van der Waals surface area (Å²) in [5, 5.41) is 5.08. The Morgan fingerprint density at radius 1 is 1.27 bits per heavy atom. The quantitative estimate of drug-likeness (QED) is 0.753. The lowest BCUT2D eigenvalue weighted by molar-refractivity contribution is -0.126. The highest BCUT2D eigenvalue weighted by molar-refractivity contribution is 8.00. The summed E-state index contributed by atoms with van der Waals surface area (Å²) in [7, 11) is 0. The first-order valence-electron chi connectivity index (χ1n) is 9.85. The van der Waals surface area contributed by atoms with Crippen molar-refractivity contribution >= 4 is 35.1 Å². The van der Waals surface area contributed by atoms with Gasteiger partial charge in [-0.15, -0.1) is 11.8 Å². The van der Waals surface area contributed by atoms with E-state index in [4.69, 9.17) is 4.74 Å². The summed E-state index contributed by atoms with van der Waals surface area (Å²) in [5.41, 5.74) is 1.48. The number of morpholine rings is 1. The van der Waals surface area contributed by atoms with Crippen LogP contribution in [0.4, 0.5) is 15.9 Å². The van der Waals surface area contributed by atoms with E-state index in [2.05, 4.69) is 20.5 Å². The topological polar surface area (TPSA) is 83.6 Å². The van der Waals surface area contributed by atoms with Gasteiger partial charge in [0.2, 0.25) is 11.8 Å². The molecule has 0 aliphatic carbocycles. The van der Waals surface area contributed by atoms with Crippen LogP contribution in [-0.4, -0.2) is 60.1 Å². The molecular weight excluding hydrogens is 407 g/mol. The van der Waals surface area contributed by atoms with Crippen molar-refractivity contribution in [3.8, 4) is 0 Å². The maximum absolute atomic E-state index is 13.8. The van der Waals surface area contributed by atoms with Gasteiger partial charge in [-0.25, -0.2) is 9.37 Å². The van der Waals surface area contributed by atoms with Gasteiger partial charge in [-0.2, -0.15) is 0 Å². The van der Waals surface area contributed by atoms with Crippen LogP contribution < -0.4 is 15.5 Å². The van der Waals surface area contributed by atoms with E-state index in [9.17, 15) is 14.0 Å². The number of thioether (sulfide) groups is 1. The van der Waals surface area contributed by atoms with Gasteiger partial charge in [-0.1, -0.05) is 18.2 Å². The van der Waals surface area contributed by atoms with Crippen LogP contribution in [0.1, 0.15) is 5.56 Å². The van der Waals surface area contributed by atoms with E-state index in [-0.39, 0.29) is 17.6 Å². The van der Waals surface area contributed by atoms with Crippen LogP contribution in [0.3, 0.4) is 0 Å². The van der Waals surface area contributed by atoms with Crippen molar-refractivity contribution in [2.45, 2.75) is 17.7 Å². The van der Waals surface area contributed by atoms with E-state index in [1.807, 2.05) is 6.07 Å². The number of nitrogens with one attached hydrogen (secondary N) is 2. The Balaban J connectivity index is 1.30. The van der Waals surface area contributed by atoms with Crippen molar-refractivity contribution in [1.82, 2.24) is 10.3 Å². The molecule has 3 heterocycles. The minimum Gasteiger partial charge on any atom is -0.378 e. The molecule has 2 amide bonds. The first kappa shape index (κ1) is 20.6. The molecule has 0 unspecified atom stereocenters. The first-order valence-corrected chi connectivity index (χ1v) is 10.9. The monoisotopic (exact) mass is 430 g/mol. The van der Waals surface area contributed by atoms with E-state index >= 15 is 0 Å². The summed E-state index contributed by atoms with van der Waals surface area (Å²) in [6.07, 6.45) is 2.02. The molecule has 0 radical (unpaired) electrons. The Kier molecular flexibility index (Phi) is 6.49. The van der Waals surface area contributed by atoms with Crippen LogP contribution in [0.15, 0.2) is 42.6 Å². The number of pyridine rings is 1. The molecule has 2 atom stereocenters. The Hall–Kier alpha value is -2.65. The molecule has 1 aromatic heterocycles. The molecule has 0 bridgehead atoms. The summed E-state index contributed by atoms with van der Waals surface area (Å²) in [5.74, 6) is -0.0399. The van der Waals surface area contributed by atoms with Crippen LogP contribution in [0.5, 0.6) is 0 Å². The molecule has 0 spiro atoms. The molecule has 2 N–H and O–H groups in total. The Morgan fingerprint density at radius 3 is 2.77 bits per heavy atom. The van der Waals surface area contributed by atoms with Crippen molar-refractivity contribution in [2.24, 2.45) is 0 Å². The van der Waals surface area contributed by atoms with Crippen LogP contribution in [-0.2, 0) is 20.7 Å². The highest BCUT2D eigenvalue weighted by Gasteiger charge is 2.33. The maximum Gasteiger partial charge on any atom is 0.248 e. The number of hydrogen-bond donors (Lipinski definition) is 2. The summed E-state index contributed by atoms with van der Waals surface area (Å²) < 4.78 is 19.2. The summed E-state index contributed by atoms with van der Waals surface area (Å²) in [6.45, 7) is 3.00. The van der Waals surface area contributed by atoms with Gasteiger partial charge in [0, 0.05) is 18.8 Å². The standard InChI is InChI=1S/C21H23FN4O3S/c22-16-4-2-1-3-14(16)11-18-21(28)24-17(13-30-18)20(27)25-19-6-5-15(12-23-19)26-7-9-29-10-8-26/h1-6,12,17-18H,7-11,13H2,(H,24,28)(H,23,25,27)/t17-,18-/m0/s1. The Labute approximate surface area is 178 Å². The number of carbonyl (C=O) groups is 2. The molecule has 4 rings (SSSR count). The Bertz CT molecular complexity index is 905. The number of halogens is 1. The predicted octanol–water partition coefficient (Wildman–Crippen LogP) is 1.84. The number of rotatable bonds is 5. The fourth-order valence-electron chi connectivity index (χ4n) is 3.43. The first-order chi connectivity index (χ1) is 14.6. The molecule has 158 valence electrons. The molecule has 2 aliphatic heterocycles. The van der Waals surface area contributed by atoms with E-state index in [0.717, 1.165) is 18.8 Å². The zero-order valence-electron chi connectivity index (χ0n) is 16.3. The summed E-state index contributed by atoms with van der Waals surface area (Å²) in [4.78, 5) is 31.5. The maximum atomic E-state index is 13.8. The zero-order chi connectivity index (χ0) is 20.9. The molecule has 1 aromatic carbocycles. The average Bonchev–Trinajstić information content (AvgIpc) is 2.77. The summed E-state index contributed by atoms with van der Waals surface area (Å²) in [6, 6.07) is 9.43. The van der Waals surface area contributed by atoms with Crippen molar-refractivity contribution in [3.05, 3.63) is 54.0 Å². The molecule has 2 aromatic rings. The molecule has 2 saturated heterocycles. The molecule has 9 heteroatoms. The third-order valence-electron chi connectivity index (χ3n) is 5.13. The average molecular weight is 431 g/mol. The molecule has 0 saturated carbocycles. The van der Waals surface area contributed by atoms with Crippen LogP contribution >= 0.6 is 11.8 Å². The smallest absolute Gasteiger partial charge is 0.248 e. The second-order valence-electron chi connectivity index (χ2n) is 7.17. The third-order valence-corrected chi connectivity index (χ3v) is 6.44. The Morgan fingerprint density at radius 2 is 2.07 bits per heavy atom. The molecule has 2 fully saturated rings. The zero-order valence-corrected chi connectivity index (χ0v) is 17.2. The lowest BCUT2D eigenvalue weighted by atomic mass is 10.1. The lowest BCUT2D eigenvalue weighted by Crippen LogP contribution is -2.52. The predicted molar refractivity (Wildman–Crippen MR) is 114 cm³/mol. The van der Waals surface area contributed by atoms with E-state index in [1.54, 1.807) is 30.5 Å². The van der Waals surface area contributed by atoms with Gasteiger partial charge in [-0.3, -0.25) is 9.59 Å². The highest BCUT2D eigenvalue weighted by Crippen LogP contribution is 2.24. The fraction of sp³-hybridized carbons (Fsp3) is 0.381. The minimum absolute atomic E-state index is 0.259. The van der Waals surface area contributed by atoms with Crippen LogP contribution in [0.25, 0.3) is 0 Å². The second-order valence-corrected chi connectivity index (χ2v) is 8.40. The van der Waals surface area contributed by atoms with Crippen molar-refractivity contribution in [3.63, 3.8) is 0 Å². The molecule has 2 aliphatic rings. The van der Waals surface area contributed by atoms with Crippen molar-refractivity contribution in [2.75, 3.05) is 42.3 Å². The van der Waals surface area contributed by atoms with Gasteiger partial charge in [-0.05, 0) is 30.2 Å². The number of anilines is 2. The van der Waals surface area contributed by atoms with Gasteiger partial charge in [0.1, 0.15) is 17.7 Å². The normalized spacial score (nSPS) is 21.8. The van der Waals surface area contributed by atoms with E-state index < -0.39 is 11.3 Å². The highest BCUT2D eigenvalue weighted by atomic mass is 32.2. The number of ether oxygens (including phenoxy) is 1. The second kappa shape index (κ2) is 9.44. The number of amides is 2. The lowest BCUT2D eigenvalue weighted by Gasteiger charge is -2.29. The van der Waals surface area contributed by atoms with Crippen molar-refractivity contribution in [1.29, 1.82) is 0 Å². The number of aromatic nitrogens is 1. The molecule has 30 heavy (non-hydrogen) atoms. The van der Waals surface area contributed by atoms with Gasteiger partial charge in [0.15, 0.2) is 0 Å². The SMILES string of the molecule is O=C(Nc1ccc(N2CCOCC2)cn1)[C@@H]1CS[C@@H](Cc2ccccc2F)C(=O)N1. The third kappa shape index (κ3) is 4.91. The van der Waals surface area contributed by atoms with E-state index in [0.29, 0.717) is 36.8 Å². The van der Waals surface area contributed by atoms with Gasteiger partial charge < -0.3 is 20.3 Å². The minimum atomic E-state index is -0.653. The van der Waals surface area contributed by atoms with E-state index in [1.165, 1.54) is 17.8 Å². The molecule has 7 nitrogen and oxygen atoms in total. The van der Waals surface area contributed by atoms with Gasteiger partial charge in [0.25, 0.3) is 0 Å². The largest absolute Gasteiger partial charge is 0.378 e. The molecular formula is C21H23FN4O3S. The number of nitrogens with zero attached hydrogens (tertiary/aromatic N) is 2. The van der Waals surface area contributed by atoms with Gasteiger partial charge >= 0.3 is 0 Å². The summed E-state index contributed by atoms with van der Waals surface area (Å²) >= 11 is 1.36. The number of benzene rings is 1. The van der Waals surface area contributed by atoms with Crippen molar-refractivity contribution < 1.29 is 18.7 Å². The fourth-order valence-corrected chi connectivity index (χ4v) is 4.61. The van der Waals surface area contributed by atoms with Gasteiger partial charge in [0.05, 0.1) is 30.3 Å². The number of carbonyl (C=O) groups excluding carboxylic acids is 2.